The van der Waals surface area contributed by atoms with E-state index in [9.17, 15) is 9.18 Å². The molecule has 156 valence electrons. The summed E-state index contributed by atoms with van der Waals surface area (Å²) in [6.45, 7) is 0.594. The molecule has 31 heavy (non-hydrogen) atoms. The lowest BCUT2D eigenvalue weighted by atomic mass is 9.99. The Bertz CT molecular complexity index is 1290. The molecule has 6 rings (SSSR count). The third-order valence-corrected chi connectivity index (χ3v) is 5.79. The zero-order valence-corrected chi connectivity index (χ0v) is 16.5. The van der Waals surface area contributed by atoms with Gasteiger partial charge in [0.2, 0.25) is 0 Å². The number of H-pyrrole nitrogens is 1. The zero-order chi connectivity index (χ0) is 20.9. The van der Waals surface area contributed by atoms with Gasteiger partial charge in [-0.25, -0.2) is 23.9 Å². The van der Waals surface area contributed by atoms with Crippen LogP contribution in [-0.2, 0) is 6.42 Å². The Hall–Kier alpha value is -3.82. The van der Waals surface area contributed by atoms with Crippen molar-refractivity contribution in [2.45, 2.75) is 31.3 Å². The molecule has 1 saturated carbocycles. The largest absolute Gasteiger partial charge is 0.349 e. The first-order chi connectivity index (χ1) is 15.2. The molecule has 0 spiro atoms. The van der Waals surface area contributed by atoms with Crippen molar-refractivity contribution in [3.63, 3.8) is 0 Å². The average molecular weight is 418 g/mol. The molecule has 0 radical (unpaired) electrons. The topological polar surface area (TPSA) is 104 Å². The predicted octanol–water partition coefficient (Wildman–Crippen LogP) is 2.03. The number of hydrogen-bond donors (Lipinski definition) is 2. The van der Waals surface area contributed by atoms with Gasteiger partial charge in [0, 0.05) is 37.1 Å². The first-order valence-corrected chi connectivity index (χ1v) is 10.2. The molecule has 1 aliphatic heterocycles. The van der Waals surface area contributed by atoms with Gasteiger partial charge in [-0.3, -0.25) is 4.79 Å². The molecule has 0 saturated heterocycles. The van der Waals surface area contributed by atoms with E-state index in [1.807, 2.05) is 4.90 Å². The third kappa shape index (κ3) is 3.02. The summed E-state index contributed by atoms with van der Waals surface area (Å²) in [7, 11) is 0. The van der Waals surface area contributed by atoms with E-state index in [4.69, 9.17) is 0 Å². The van der Waals surface area contributed by atoms with Crippen molar-refractivity contribution in [2.75, 3.05) is 11.4 Å². The molecule has 4 aromatic heterocycles. The number of halogens is 1. The number of nitrogens with zero attached hydrogens (tertiary/aromatic N) is 6. The van der Waals surface area contributed by atoms with Crippen molar-refractivity contribution in [3.05, 3.63) is 71.7 Å². The second-order valence-electron chi connectivity index (χ2n) is 7.88. The van der Waals surface area contributed by atoms with E-state index in [1.54, 1.807) is 30.9 Å². The minimum atomic E-state index is -0.420. The summed E-state index contributed by atoms with van der Waals surface area (Å²) in [5.74, 6) is -0.0209. The summed E-state index contributed by atoms with van der Waals surface area (Å²) in [6.07, 6.45) is 9.03. The van der Waals surface area contributed by atoms with Gasteiger partial charge in [0.05, 0.1) is 17.7 Å². The van der Waals surface area contributed by atoms with Crippen LogP contribution < -0.4 is 10.2 Å². The van der Waals surface area contributed by atoms with Crippen molar-refractivity contribution in [2.24, 2.45) is 0 Å². The van der Waals surface area contributed by atoms with E-state index in [2.05, 4.69) is 30.4 Å². The molecule has 10 heteroatoms. The lowest BCUT2D eigenvalue weighted by molar-refractivity contribution is 0.0950. The molecule has 5 heterocycles. The molecule has 2 aliphatic rings. The molecular weight excluding hydrogens is 399 g/mol. The highest BCUT2D eigenvalue weighted by atomic mass is 19.1. The van der Waals surface area contributed by atoms with Gasteiger partial charge in [-0.1, -0.05) is 0 Å². The Morgan fingerprint density at radius 1 is 1.29 bits per heavy atom. The number of carbonyl (C=O) groups excluding carboxylic acids is 1. The van der Waals surface area contributed by atoms with Crippen LogP contribution in [0.1, 0.15) is 46.3 Å². The van der Waals surface area contributed by atoms with Crippen molar-refractivity contribution in [1.82, 2.24) is 34.9 Å². The summed E-state index contributed by atoms with van der Waals surface area (Å²) in [6, 6.07) is 4.54. The Morgan fingerprint density at radius 2 is 2.19 bits per heavy atom. The van der Waals surface area contributed by atoms with Gasteiger partial charge in [-0.15, -0.1) is 0 Å². The number of aromatic nitrogens is 6. The quantitative estimate of drug-likeness (QED) is 0.526. The SMILES string of the molecule is O=C(NC1CC1)c1cncnc1N1CCc2[nH]cnc2[C@H]1c1cc2c(F)cccn2n1. The van der Waals surface area contributed by atoms with Gasteiger partial charge in [0.1, 0.15) is 35.1 Å². The lowest BCUT2D eigenvalue weighted by Crippen LogP contribution is -2.39. The van der Waals surface area contributed by atoms with Gasteiger partial charge >= 0.3 is 0 Å². The van der Waals surface area contributed by atoms with Gasteiger partial charge in [0.15, 0.2) is 0 Å². The number of hydrogen-bond acceptors (Lipinski definition) is 6. The molecule has 1 amide bonds. The number of nitrogens with one attached hydrogen (secondary N) is 2. The van der Waals surface area contributed by atoms with Crippen LogP contribution in [0, 0.1) is 5.82 Å². The fourth-order valence-electron chi connectivity index (χ4n) is 4.14. The normalized spacial score (nSPS) is 18.2. The summed E-state index contributed by atoms with van der Waals surface area (Å²) in [5.41, 5.74) is 3.21. The maximum absolute atomic E-state index is 14.4. The Labute approximate surface area is 176 Å². The number of aromatic amines is 1. The number of pyridine rings is 1. The number of fused-ring (bicyclic) bond motifs is 2. The van der Waals surface area contributed by atoms with Gasteiger partial charge in [-0.05, 0) is 31.0 Å². The Morgan fingerprint density at radius 3 is 3.03 bits per heavy atom. The fourth-order valence-corrected chi connectivity index (χ4v) is 4.14. The van der Waals surface area contributed by atoms with Crippen molar-refractivity contribution in [1.29, 1.82) is 0 Å². The fraction of sp³-hybridized carbons (Fsp3) is 0.286. The number of rotatable bonds is 4. The van der Waals surface area contributed by atoms with Crippen LogP contribution in [0.25, 0.3) is 5.52 Å². The van der Waals surface area contributed by atoms with E-state index in [0.717, 1.165) is 24.2 Å². The van der Waals surface area contributed by atoms with Gasteiger partial charge < -0.3 is 15.2 Å². The molecule has 0 aromatic carbocycles. The van der Waals surface area contributed by atoms with Crippen LogP contribution >= 0.6 is 0 Å². The van der Waals surface area contributed by atoms with Crippen LogP contribution in [-0.4, -0.2) is 48.0 Å². The van der Waals surface area contributed by atoms with Crippen LogP contribution in [0.15, 0.2) is 43.2 Å². The van der Waals surface area contributed by atoms with E-state index in [-0.39, 0.29) is 17.8 Å². The zero-order valence-electron chi connectivity index (χ0n) is 16.5. The molecule has 0 unspecified atom stereocenters. The standard InChI is InChI=1S/C21H19FN8O/c22-14-2-1-6-30-17(14)8-16(28-30)19-18-15(24-11-25-18)5-7-29(19)20-13(9-23-10-26-20)21(31)27-12-3-4-12/h1-2,6,8-12,19H,3-5,7H2,(H,24,25)(H,27,31)/t19-/m1/s1. The second-order valence-corrected chi connectivity index (χ2v) is 7.88. The van der Waals surface area contributed by atoms with Crippen LogP contribution in [0.2, 0.25) is 0 Å². The molecule has 9 nitrogen and oxygen atoms in total. The number of anilines is 1. The van der Waals surface area contributed by atoms with Gasteiger partial charge in [0.25, 0.3) is 5.91 Å². The summed E-state index contributed by atoms with van der Waals surface area (Å²) in [5, 5.41) is 7.63. The van der Waals surface area contributed by atoms with E-state index in [0.29, 0.717) is 35.6 Å². The number of carbonyl (C=O) groups is 1. The number of imidazole rings is 1. The Kier molecular flexibility index (Phi) is 3.98. The molecule has 2 N–H and O–H groups in total. The summed E-state index contributed by atoms with van der Waals surface area (Å²) in [4.78, 5) is 31.1. The average Bonchev–Trinajstić information content (AvgIpc) is 3.29. The maximum atomic E-state index is 14.4. The molecule has 1 fully saturated rings. The van der Waals surface area contributed by atoms with Crippen molar-refractivity contribution >= 4 is 17.2 Å². The lowest BCUT2D eigenvalue weighted by Gasteiger charge is -2.35. The maximum Gasteiger partial charge on any atom is 0.256 e. The van der Waals surface area contributed by atoms with E-state index >= 15 is 0 Å². The predicted molar refractivity (Wildman–Crippen MR) is 109 cm³/mol. The smallest absolute Gasteiger partial charge is 0.256 e. The highest BCUT2D eigenvalue weighted by molar-refractivity contribution is 5.99. The van der Waals surface area contributed by atoms with E-state index in [1.165, 1.54) is 16.9 Å². The molecular formula is C21H19FN8O. The minimum absolute atomic E-state index is 0.189. The number of amides is 1. The monoisotopic (exact) mass is 418 g/mol. The molecule has 1 atom stereocenters. The summed E-state index contributed by atoms with van der Waals surface area (Å²) >= 11 is 0. The van der Waals surface area contributed by atoms with Crippen LogP contribution in [0.3, 0.4) is 0 Å². The van der Waals surface area contributed by atoms with Crippen LogP contribution in [0.4, 0.5) is 10.2 Å². The highest BCUT2D eigenvalue weighted by Gasteiger charge is 2.36. The van der Waals surface area contributed by atoms with Crippen molar-refractivity contribution < 1.29 is 9.18 Å². The third-order valence-electron chi connectivity index (χ3n) is 5.79. The minimum Gasteiger partial charge on any atom is -0.349 e. The summed E-state index contributed by atoms with van der Waals surface area (Å²) < 4.78 is 15.9. The van der Waals surface area contributed by atoms with E-state index < -0.39 is 6.04 Å². The first kappa shape index (κ1) is 18.0. The molecule has 4 aromatic rings. The Balaban J connectivity index is 1.48. The molecule has 1 aliphatic carbocycles. The van der Waals surface area contributed by atoms with Gasteiger partial charge in [-0.2, -0.15) is 5.10 Å². The van der Waals surface area contributed by atoms with Crippen molar-refractivity contribution in [3.8, 4) is 0 Å². The second kappa shape index (κ2) is 6.86. The van der Waals surface area contributed by atoms with Crippen LogP contribution in [0.5, 0.6) is 0 Å². The molecule has 0 bridgehead atoms. The first-order valence-electron chi connectivity index (χ1n) is 10.2. The highest BCUT2D eigenvalue weighted by Crippen LogP contribution is 2.37.